The zero-order valence-corrected chi connectivity index (χ0v) is 13.6. The molecular formula is C16H21N3O2S. The van der Waals surface area contributed by atoms with E-state index in [1.165, 1.54) is 17.3 Å². The molecule has 1 aromatic carbocycles. The molecule has 1 aromatic heterocycles. The van der Waals surface area contributed by atoms with Crippen molar-refractivity contribution in [3.05, 3.63) is 47.8 Å². The van der Waals surface area contributed by atoms with Crippen molar-refractivity contribution in [2.45, 2.75) is 30.4 Å². The van der Waals surface area contributed by atoms with Crippen molar-refractivity contribution in [1.82, 2.24) is 14.9 Å². The molecule has 5 nitrogen and oxygen atoms in total. The van der Waals surface area contributed by atoms with Gasteiger partial charge in [-0.15, -0.1) is 0 Å². The van der Waals surface area contributed by atoms with Crippen molar-refractivity contribution in [3.63, 3.8) is 0 Å². The van der Waals surface area contributed by atoms with E-state index in [0.29, 0.717) is 6.54 Å². The highest BCUT2D eigenvalue weighted by atomic mass is 32.2. The van der Waals surface area contributed by atoms with Gasteiger partial charge in [0, 0.05) is 13.6 Å². The van der Waals surface area contributed by atoms with Gasteiger partial charge in [0.2, 0.25) is 5.91 Å². The van der Waals surface area contributed by atoms with Crippen LogP contribution in [0.2, 0.25) is 0 Å². The first-order valence-electron chi connectivity index (χ1n) is 7.21. The lowest BCUT2D eigenvalue weighted by atomic mass is 10.1. The number of amides is 1. The van der Waals surface area contributed by atoms with Gasteiger partial charge in [0.05, 0.1) is 23.7 Å². The fourth-order valence-corrected chi connectivity index (χ4v) is 2.91. The van der Waals surface area contributed by atoms with Crippen molar-refractivity contribution < 1.29 is 9.90 Å². The van der Waals surface area contributed by atoms with Gasteiger partial charge in [-0.25, -0.2) is 4.98 Å². The van der Waals surface area contributed by atoms with Gasteiger partial charge in [-0.2, -0.15) is 0 Å². The normalized spacial score (nSPS) is 12.1. The largest absolute Gasteiger partial charge is 0.390 e. The van der Waals surface area contributed by atoms with Gasteiger partial charge in [-0.05, 0) is 18.9 Å². The topological polar surface area (TPSA) is 67.2 Å². The van der Waals surface area contributed by atoms with E-state index in [-0.39, 0.29) is 17.8 Å². The number of aromatic nitrogens is 2. The molecule has 1 amide bonds. The summed E-state index contributed by atoms with van der Waals surface area (Å²) < 4.78 is 1.80. The molecule has 1 unspecified atom stereocenters. The zero-order chi connectivity index (χ0) is 15.9. The van der Waals surface area contributed by atoms with Crippen molar-refractivity contribution in [1.29, 1.82) is 0 Å². The number of rotatable bonds is 7. The second-order valence-electron chi connectivity index (χ2n) is 5.04. The number of aliphatic hydroxyl groups is 1. The number of carbonyl (C=O) groups is 1. The second-order valence-corrected chi connectivity index (χ2v) is 6.34. The summed E-state index contributed by atoms with van der Waals surface area (Å²) in [5.74, 6) is -0.00511. The van der Waals surface area contributed by atoms with Crippen molar-refractivity contribution in [2.75, 3.05) is 6.54 Å². The average Bonchev–Trinajstić information content (AvgIpc) is 2.88. The molecule has 6 heteroatoms. The maximum Gasteiger partial charge on any atom is 0.233 e. The summed E-state index contributed by atoms with van der Waals surface area (Å²) in [5, 5.41) is 12.6. The molecule has 2 rings (SSSR count). The SMILES string of the molecule is CC(Sc1ncc(CO)n1C)C(=O)NCCc1ccccc1. The fraction of sp³-hybridized carbons (Fsp3) is 0.375. The highest BCUT2D eigenvalue weighted by Gasteiger charge is 2.17. The lowest BCUT2D eigenvalue weighted by Crippen LogP contribution is -2.32. The van der Waals surface area contributed by atoms with Gasteiger partial charge in [0.1, 0.15) is 0 Å². The van der Waals surface area contributed by atoms with Crippen molar-refractivity contribution in [3.8, 4) is 0 Å². The Morgan fingerprint density at radius 2 is 2.14 bits per heavy atom. The summed E-state index contributed by atoms with van der Waals surface area (Å²) in [6.07, 6.45) is 2.45. The van der Waals surface area contributed by atoms with Crippen LogP contribution in [-0.2, 0) is 24.9 Å². The summed E-state index contributed by atoms with van der Waals surface area (Å²) in [4.78, 5) is 16.3. The van der Waals surface area contributed by atoms with Gasteiger partial charge in [0.25, 0.3) is 0 Å². The molecule has 0 spiro atoms. The summed E-state index contributed by atoms with van der Waals surface area (Å²) in [6.45, 7) is 2.42. The maximum absolute atomic E-state index is 12.1. The molecule has 0 aliphatic rings. The monoisotopic (exact) mass is 319 g/mol. The molecule has 2 aromatic rings. The van der Waals surface area contributed by atoms with Crippen LogP contribution in [0.1, 0.15) is 18.2 Å². The third-order valence-electron chi connectivity index (χ3n) is 3.41. The minimum absolute atomic E-state index is 0.00511. The molecule has 0 aliphatic carbocycles. The van der Waals surface area contributed by atoms with Gasteiger partial charge in [-0.3, -0.25) is 4.79 Å². The first-order chi connectivity index (χ1) is 10.6. The molecule has 0 radical (unpaired) electrons. The van der Waals surface area contributed by atoms with Crippen LogP contribution < -0.4 is 5.32 Å². The smallest absolute Gasteiger partial charge is 0.233 e. The Bertz CT molecular complexity index is 613. The number of carbonyl (C=O) groups excluding carboxylic acids is 1. The number of hydrogen-bond acceptors (Lipinski definition) is 4. The number of benzene rings is 1. The molecule has 22 heavy (non-hydrogen) atoms. The van der Waals surface area contributed by atoms with Gasteiger partial charge in [0.15, 0.2) is 5.16 Å². The molecule has 1 atom stereocenters. The molecule has 118 valence electrons. The van der Waals surface area contributed by atoms with E-state index in [2.05, 4.69) is 22.4 Å². The van der Waals surface area contributed by atoms with E-state index in [0.717, 1.165) is 17.3 Å². The minimum Gasteiger partial charge on any atom is -0.390 e. The van der Waals surface area contributed by atoms with E-state index in [1.807, 2.05) is 32.2 Å². The number of hydrogen-bond donors (Lipinski definition) is 2. The Morgan fingerprint density at radius 1 is 1.41 bits per heavy atom. The highest BCUT2D eigenvalue weighted by Crippen LogP contribution is 2.22. The van der Waals surface area contributed by atoms with E-state index in [4.69, 9.17) is 5.11 Å². The third-order valence-corrected chi connectivity index (χ3v) is 4.57. The van der Waals surface area contributed by atoms with Crippen LogP contribution >= 0.6 is 11.8 Å². The number of aliphatic hydroxyl groups excluding tert-OH is 1. The Labute approximate surface area is 134 Å². The summed E-state index contributed by atoms with van der Waals surface area (Å²) in [7, 11) is 1.83. The Balaban J connectivity index is 1.80. The molecule has 0 bridgehead atoms. The Hall–Kier alpha value is -1.79. The molecular weight excluding hydrogens is 298 g/mol. The van der Waals surface area contributed by atoms with E-state index in [9.17, 15) is 4.79 Å². The summed E-state index contributed by atoms with van der Waals surface area (Å²) in [5.41, 5.74) is 1.94. The molecule has 0 fully saturated rings. The Morgan fingerprint density at radius 3 is 2.77 bits per heavy atom. The van der Waals surface area contributed by atoms with Gasteiger partial charge in [-0.1, -0.05) is 42.1 Å². The predicted molar refractivity (Wildman–Crippen MR) is 87.6 cm³/mol. The lowest BCUT2D eigenvalue weighted by Gasteiger charge is -2.12. The summed E-state index contributed by atoms with van der Waals surface area (Å²) in [6, 6.07) is 10.1. The molecule has 1 heterocycles. The third kappa shape index (κ3) is 4.35. The number of imidazole rings is 1. The van der Waals surface area contributed by atoms with Gasteiger partial charge >= 0.3 is 0 Å². The van der Waals surface area contributed by atoms with Crippen molar-refractivity contribution >= 4 is 17.7 Å². The fourth-order valence-electron chi connectivity index (χ4n) is 2.01. The first-order valence-corrected chi connectivity index (χ1v) is 8.09. The standard InChI is InChI=1S/C16H21N3O2S/c1-12(22-16-18-10-14(11-20)19(16)2)15(21)17-9-8-13-6-4-3-5-7-13/h3-7,10,12,20H,8-9,11H2,1-2H3,(H,17,21). The van der Waals surface area contributed by atoms with Crippen molar-refractivity contribution in [2.24, 2.45) is 7.05 Å². The van der Waals surface area contributed by atoms with E-state index < -0.39 is 0 Å². The van der Waals surface area contributed by atoms with Crippen LogP contribution in [0.4, 0.5) is 0 Å². The lowest BCUT2D eigenvalue weighted by molar-refractivity contribution is -0.120. The summed E-state index contributed by atoms with van der Waals surface area (Å²) >= 11 is 1.39. The van der Waals surface area contributed by atoms with Crippen LogP contribution in [-0.4, -0.2) is 32.4 Å². The minimum atomic E-state index is -0.233. The number of nitrogens with one attached hydrogen (secondary N) is 1. The molecule has 0 aliphatic heterocycles. The average molecular weight is 319 g/mol. The second kappa shape index (κ2) is 8.00. The van der Waals surface area contributed by atoms with Crippen LogP contribution in [0.25, 0.3) is 0 Å². The number of thioether (sulfide) groups is 1. The van der Waals surface area contributed by atoms with E-state index >= 15 is 0 Å². The van der Waals surface area contributed by atoms with Crippen LogP contribution in [0, 0.1) is 0 Å². The van der Waals surface area contributed by atoms with Gasteiger partial charge < -0.3 is 15.0 Å². The highest BCUT2D eigenvalue weighted by molar-refractivity contribution is 8.00. The predicted octanol–water partition coefficient (Wildman–Crippen LogP) is 1.75. The quantitative estimate of drug-likeness (QED) is 0.763. The van der Waals surface area contributed by atoms with E-state index in [1.54, 1.807) is 10.8 Å². The molecule has 0 saturated heterocycles. The number of nitrogens with zero attached hydrogens (tertiary/aromatic N) is 2. The van der Waals surface area contributed by atoms with Crippen LogP contribution in [0.3, 0.4) is 0 Å². The van der Waals surface area contributed by atoms with Crippen LogP contribution in [0.15, 0.2) is 41.7 Å². The van der Waals surface area contributed by atoms with Crippen LogP contribution in [0.5, 0.6) is 0 Å². The molecule has 2 N–H and O–H groups in total. The maximum atomic E-state index is 12.1. The molecule has 0 saturated carbocycles. The zero-order valence-electron chi connectivity index (χ0n) is 12.8. The first kappa shape index (κ1) is 16.6. The Kier molecular flexibility index (Phi) is 6.03.